The van der Waals surface area contributed by atoms with E-state index in [1.54, 1.807) is 20.0 Å². The Morgan fingerprint density at radius 1 is 0.923 bits per heavy atom. The molecule has 2 aromatic rings. The Bertz CT molecular complexity index is 1180. The molecule has 12 heteroatoms. The molecule has 2 rings (SSSR count). The first-order valence-electron chi connectivity index (χ1n) is 13.0. The van der Waals surface area contributed by atoms with Crippen molar-refractivity contribution >= 4 is 40.6 Å². The number of carboxylic acids is 2. The molecule has 5 atom stereocenters. The van der Waals surface area contributed by atoms with Gasteiger partial charge in [-0.05, 0) is 29.9 Å². The number of carbonyl (C=O) groups is 5. The van der Waals surface area contributed by atoms with Crippen molar-refractivity contribution in [2.24, 2.45) is 17.6 Å². The van der Waals surface area contributed by atoms with Crippen LogP contribution >= 0.6 is 0 Å². The fourth-order valence-electron chi connectivity index (χ4n) is 4.09. The Morgan fingerprint density at radius 3 is 2.13 bits per heavy atom. The largest absolute Gasteiger partial charge is 0.481 e. The highest BCUT2D eigenvalue weighted by Gasteiger charge is 2.32. The topological polar surface area (TPSA) is 204 Å². The third-order valence-electron chi connectivity index (χ3n) is 6.80. The molecule has 0 saturated carbocycles. The molecule has 0 fully saturated rings. The molecule has 8 N–H and O–H groups in total. The van der Waals surface area contributed by atoms with Crippen molar-refractivity contribution in [1.82, 2.24) is 20.9 Å². The summed E-state index contributed by atoms with van der Waals surface area (Å²) in [5.41, 5.74) is 7.66. The Hall–Kier alpha value is -3.93. The summed E-state index contributed by atoms with van der Waals surface area (Å²) in [6.07, 6.45) is 1.70. The van der Waals surface area contributed by atoms with Crippen LogP contribution in [0.1, 0.15) is 52.5 Å². The summed E-state index contributed by atoms with van der Waals surface area (Å²) < 4.78 is 0. The van der Waals surface area contributed by atoms with Crippen LogP contribution in [-0.2, 0) is 30.4 Å². The molecule has 1 aromatic heterocycles. The number of hydrogen-bond donors (Lipinski definition) is 7. The first-order chi connectivity index (χ1) is 18.3. The van der Waals surface area contributed by atoms with Gasteiger partial charge in [-0.15, -0.1) is 0 Å². The molecule has 0 saturated heterocycles. The Kier molecular flexibility index (Phi) is 11.5. The Balaban J connectivity index is 2.34. The minimum Gasteiger partial charge on any atom is -0.481 e. The van der Waals surface area contributed by atoms with Crippen molar-refractivity contribution in [1.29, 1.82) is 0 Å². The van der Waals surface area contributed by atoms with Crippen molar-refractivity contribution in [3.8, 4) is 0 Å². The number of aromatic amines is 1. The summed E-state index contributed by atoms with van der Waals surface area (Å²) in [7, 11) is 0. The molecular formula is C27H39N5O7. The molecule has 0 spiro atoms. The molecule has 1 heterocycles. The van der Waals surface area contributed by atoms with Gasteiger partial charge in [-0.25, -0.2) is 4.79 Å². The fraction of sp³-hybridized carbons (Fsp3) is 0.519. The number of rotatable bonds is 15. The van der Waals surface area contributed by atoms with E-state index in [1.807, 2.05) is 38.1 Å². The highest BCUT2D eigenvalue weighted by Crippen LogP contribution is 2.19. The second-order valence-corrected chi connectivity index (χ2v) is 10.1. The lowest BCUT2D eigenvalue weighted by atomic mass is 9.98. The van der Waals surface area contributed by atoms with Crippen molar-refractivity contribution in [2.75, 3.05) is 0 Å². The standard InChI is InChI=1S/C27H39N5O7/c1-5-15(4)22(28)26(37)31-20(12-16-13-29-18-9-7-6-8-17(16)18)25(36)30-19(10-11-21(33)34)24(35)32-23(14(2)3)27(38)39/h6-9,13-15,19-20,22-23,29H,5,10-12,28H2,1-4H3,(H,30,36)(H,31,37)(H,32,35)(H,33,34)(H,38,39). The lowest BCUT2D eigenvalue weighted by Gasteiger charge is -2.26. The number of nitrogens with one attached hydrogen (secondary N) is 4. The van der Waals surface area contributed by atoms with E-state index in [0.29, 0.717) is 6.42 Å². The van der Waals surface area contributed by atoms with Crippen LogP contribution in [0.25, 0.3) is 10.9 Å². The summed E-state index contributed by atoms with van der Waals surface area (Å²) in [5.74, 6) is -5.17. The second kappa shape index (κ2) is 14.3. The first-order valence-corrected chi connectivity index (χ1v) is 13.0. The zero-order chi connectivity index (χ0) is 29.3. The van der Waals surface area contributed by atoms with Gasteiger partial charge in [0.25, 0.3) is 0 Å². The number of carbonyl (C=O) groups excluding carboxylic acids is 3. The van der Waals surface area contributed by atoms with Gasteiger partial charge in [-0.3, -0.25) is 19.2 Å². The molecule has 12 nitrogen and oxygen atoms in total. The predicted octanol–water partition coefficient (Wildman–Crippen LogP) is 1.14. The van der Waals surface area contributed by atoms with Crippen LogP contribution in [0.5, 0.6) is 0 Å². The Labute approximate surface area is 227 Å². The monoisotopic (exact) mass is 545 g/mol. The summed E-state index contributed by atoms with van der Waals surface area (Å²) in [6, 6.07) is 2.82. The average molecular weight is 546 g/mol. The summed E-state index contributed by atoms with van der Waals surface area (Å²) in [5, 5.41) is 27.1. The van der Waals surface area contributed by atoms with Gasteiger partial charge in [0.05, 0.1) is 6.04 Å². The third-order valence-corrected chi connectivity index (χ3v) is 6.80. The number of aromatic nitrogens is 1. The van der Waals surface area contributed by atoms with E-state index in [9.17, 15) is 29.1 Å². The number of aliphatic carboxylic acids is 2. The molecule has 0 aliphatic carbocycles. The van der Waals surface area contributed by atoms with Gasteiger partial charge in [0.15, 0.2) is 0 Å². The van der Waals surface area contributed by atoms with E-state index in [2.05, 4.69) is 20.9 Å². The molecule has 0 radical (unpaired) electrons. The first kappa shape index (κ1) is 31.3. The van der Waals surface area contributed by atoms with E-state index in [1.165, 1.54) is 0 Å². The molecule has 0 aliphatic rings. The van der Waals surface area contributed by atoms with Crippen LogP contribution in [0.4, 0.5) is 0 Å². The molecule has 39 heavy (non-hydrogen) atoms. The number of nitrogens with two attached hydrogens (primary N) is 1. The highest BCUT2D eigenvalue weighted by molar-refractivity contribution is 5.95. The normalized spacial score (nSPS) is 15.1. The van der Waals surface area contributed by atoms with Crippen molar-refractivity contribution in [3.05, 3.63) is 36.0 Å². The second-order valence-electron chi connectivity index (χ2n) is 10.1. The van der Waals surface area contributed by atoms with Crippen LogP contribution in [0.3, 0.4) is 0 Å². The van der Waals surface area contributed by atoms with E-state index in [0.717, 1.165) is 16.5 Å². The zero-order valence-electron chi connectivity index (χ0n) is 22.7. The minimum absolute atomic E-state index is 0.0613. The van der Waals surface area contributed by atoms with Gasteiger partial charge in [-0.1, -0.05) is 52.3 Å². The number of amides is 3. The van der Waals surface area contributed by atoms with Crippen LogP contribution in [0, 0.1) is 11.8 Å². The molecule has 214 valence electrons. The summed E-state index contributed by atoms with van der Waals surface area (Å²) in [4.78, 5) is 65.3. The average Bonchev–Trinajstić information content (AvgIpc) is 3.30. The van der Waals surface area contributed by atoms with Gasteiger partial charge in [0.1, 0.15) is 18.1 Å². The van der Waals surface area contributed by atoms with Crippen LogP contribution in [0.2, 0.25) is 0 Å². The van der Waals surface area contributed by atoms with E-state index >= 15 is 0 Å². The maximum absolute atomic E-state index is 13.5. The maximum Gasteiger partial charge on any atom is 0.326 e. The van der Waals surface area contributed by atoms with Crippen LogP contribution in [0.15, 0.2) is 30.5 Å². The van der Waals surface area contributed by atoms with Crippen LogP contribution < -0.4 is 21.7 Å². The lowest BCUT2D eigenvalue weighted by molar-refractivity contribution is -0.144. The van der Waals surface area contributed by atoms with Gasteiger partial charge in [0.2, 0.25) is 17.7 Å². The van der Waals surface area contributed by atoms with Gasteiger partial charge >= 0.3 is 11.9 Å². The number of H-pyrrole nitrogens is 1. The minimum atomic E-state index is -1.35. The highest BCUT2D eigenvalue weighted by atomic mass is 16.4. The van der Waals surface area contributed by atoms with Crippen LogP contribution in [-0.4, -0.2) is 69.0 Å². The van der Waals surface area contributed by atoms with Gasteiger partial charge < -0.3 is 36.9 Å². The SMILES string of the molecule is CCC(C)C(N)C(=O)NC(Cc1c[nH]c2ccccc12)C(=O)NC(CCC(=O)O)C(=O)NC(C(=O)O)C(C)C. The number of hydrogen-bond acceptors (Lipinski definition) is 6. The van der Waals surface area contributed by atoms with E-state index in [-0.39, 0.29) is 18.8 Å². The maximum atomic E-state index is 13.5. The predicted molar refractivity (Wildman–Crippen MR) is 145 cm³/mol. The molecule has 1 aromatic carbocycles. The third kappa shape index (κ3) is 8.81. The molecule has 5 unspecified atom stereocenters. The van der Waals surface area contributed by atoms with E-state index < -0.39 is 66.2 Å². The fourth-order valence-corrected chi connectivity index (χ4v) is 4.09. The van der Waals surface area contributed by atoms with Crippen molar-refractivity contribution < 1.29 is 34.2 Å². The quantitative estimate of drug-likeness (QED) is 0.172. The van der Waals surface area contributed by atoms with E-state index in [4.69, 9.17) is 10.8 Å². The van der Waals surface area contributed by atoms with Crippen molar-refractivity contribution in [3.63, 3.8) is 0 Å². The molecular weight excluding hydrogens is 506 g/mol. The smallest absolute Gasteiger partial charge is 0.326 e. The zero-order valence-corrected chi connectivity index (χ0v) is 22.7. The molecule has 0 bridgehead atoms. The molecule has 3 amide bonds. The van der Waals surface area contributed by atoms with Gasteiger partial charge in [0, 0.05) is 29.9 Å². The van der Waals surface area contributed by atoms with Gasteiger partial charge in [-0.2, -0.15) is 0 Å². The number of para-hydroxylation sites is 1. The molecule has 0 aliphatic heterocycles. The van der Waals surface area contributed by atoms with Crippen molar-refractivity contribution in [2.45, 2.75) is 77.5 Å². The number of fused-ring (bicyclic) bond motifs is 1. The summed E-state index contributed by atoms with van der Waals surface area (Å²) >= 11 is 0. The number of carboxylic acid groups (broad SMARTS) is 2. The lowest BCUT2D eigenvalue weighted by Crippen LogP contribution is -2.58. The Morgan fingerprint density at radius 2 is 1.54 bits per heavy atom. The number of benzene rings is 1. The summed E-state index contributed by atoms with van der Waals surface area (Å²) in [6.45, 7) is 6.92.